The Morgan fingerprint density at radius 2 is 1.68 bits per heavy atom. The molecule has 0 spiro atoms. The Morgan fingerprint density at radius 1 is 1.09 bits per heavy atom. The molecule has 0 radical (unpaired) electrons. The Bertz CT molecular complexity index is 556. The molecular weight excluding hydrogens is 304 g/mol. The van der Waals surface area contributed by atoms with Crippen LogP contribution in [0.2, 0.25) is 0 Å². The van der Waals surface area contributed by atoms with Crippen molar-refractivity contribution in [2.24, 2.45) is 0 Å². The van der Waals surface area contributed by atoms with Crippen molar-refractivity contribution < 1.29 is 31.8 Å². The van der Waals surface area contributed by atoms with Gasteiger partial charge in [-0.05, 0) is 31.5 Å². The second-order valence-electron chi connectivity index (χ2n) is 5.04. The van der Waals surface area contributed by atoms with Gasteiger partial charge in [0.05, 0.1) is 13.2 Å². The summed E-state index contributed by atoms with van der Waals surface area (Å²) in [6, 6.07) is 5.13. The molecule has 0 saturated heterocycles. The van der Waals surface area contributed by atoms with Gasteiger partial charge in [0.2, 0.25) is 0 Å². The molecule has 0 unspecified atom stereocenters. The summed E-state index contributed by atoms with van der Waals surface area (Å²) in [5.41, 5.74) is -2.86. The van der Waals surface area contributed by atoms with Crippen LogP contribution in [0.5, 0.6) is 5.75 Å². The highest BCUT2D eigenvalue weighted by Crippen LogP contribution is 2.64. The smallest absolute Gasteiger partial charge is 0.330 e. The monoisotopic (exact) mass is 320 g/mol. The van der Waals surface area contributed by atoms with E-state index in [1.807, 2.05) is 0 Å². The number of benzene rings is 1. The average molecular weight is 320 g/mol. The number of ether oxygens (including phenoxy) is 2. The molecule has 7 heteroatoms. The van der Waals surface area contributed by atoms with E-state index in [1.165, 1.54) is 31.2 Å². The van der Waals surface area contributed by atoms with E-state index in [4.69, 9.17) is 4.74 Å². The van der Waals surface area contributed by atoms with Crippen molar-refractivity contribution in [2.45, 2.75) is 37.5 Å². The third-order valence-electron chi connectivity index (χ3n) is 3.76. The molecule has 0 bridgehead atoms. The van der Waals surface area contributed by atoms with Crippen LogP contribution < -0.4 is 4.74 Å². The topological polar surface area (TPSA) is 35.5 Å². The van der Waals surface area contributed by atoms with Gasteiger partial charge in [-0.25, -0.2) is 0 Å². The summed E-state index contributed by atoms with van der Waals surface area (Å²) < 4.78 is 64.6. The number of alkyl halides is 4. The van der Waals surface area contributed by atoms with Gasteiger partial charge in [-0.2, -0.15) is 17.6 Å². The molecule has 3 nitrogen and oxygen atoms in total. The van der Waals surface area contributed by atoms with Crippen molar-refractivity contribution in [3.63, 3.8) is 0 Å². The standard InChI is InChI=1S/C15H16F4O3/c1-3-21-11-7-5-10(6-8-11)13(12(20)22-4-2)9-14(16,17)15(13,18)19/h5-8H,3-4,9H2,1-2H3/t13-/m1/s1. The second kappa shape index (κ2) is 5.44. The SMILES string of the molecule is CCOC(=O)[C@]1(c2ccc(OCC)cc2)CC(F)(F)C1(F)F. The zero-order valence-electron chi connectivity index (χ0n) is 12.2. The summed E-state index contributed by atoms with van der Waals surface area (Å²) in [5.74, 6) is -9.67. The fourth-order valence-electron chi connectivity index (χ4n) is 2.62. The van der Waals surface area contributed by atoms with Gasteiger partial charge in [-0.15, -0.1) is 0 Å². The van der Waals surface area contributed by atoms with E-state index in [-0.39, 0.29) is 12.2 Å². The predicted octanol–water partition coefficient (Wildman–Crippen LogP) is 3.56. The first kappa shape index (κ1) is 16.6. The molecule has 1 saturated carbocycles. The van der Waals surface area contributed by atoms with Crippen molar-refractivity contribution in [1.82, 2.24) is 0 Å². The van der Waals surface area contributed by atoms with Crippen molar-refractivity contribution in [3.8, 4) is 5.75 Å². The van der Waals surface area contributed by atoms with Crippen molar-refractivity contribution >= 4 is 5.97 Å². The molecule has 2 rings (SSSR count). The number of halogens is 4. The number of carbonyl (C=O) groups excluding carboxylic acids is 1. The van der Waals surface area contributed by atoms with Crippen LogP contribution in [0.1, 0.15) is 25.8 Å². The first-order valence-corrected chi connectivity index (χ1v) is 6.89. The fraction of sp³-hybridized carbons (Fsp3) is 0.533. The van der Waals surface area contributed by atoms with Crippen LogP contribution in [0.15, 0.2) is 24.3 Å². The highest BCUT2D eigenvalue weighted by molar-refractivity contribution is 5.87. The van der Waals surface area contributed by atoms with Gasteiger partial charge in [-0.1, -0.05) is 12.1 Å². The quantitative estimate of drug-likeness (QED) is 0.615. The lowest BCUT2D eigenvalue weighted by molar-refractivity contribution is -0.323. The molecule has 22 heavy (non-hydrogen) atoms. The van der Waals surface area contributed by atoms with Gasteiger partial charge >= 0.3 is 17.8 Å². The molecule has 0 N–H and O–H groups in total. The van der Waals surface area contributed by atoms with Crippen LogP contribution in [0, 0.1) is 0 Å². The Morgan fingerprint density at radius 3 is 2.09 bits per heavy atom. The van der Waals surface area contributed by atoms with Crippen LogP contribution in [-0.2, 0) is 14.9 Å². The molecule has 1 aliphatic carbocycles. The molecule has 122 valence electrons. The molecule has 0 aromatic heterocycles. The maximum Gasteiger partial charge on any atom is 0.330 e. The van der Waals surface area contributed by atoms with Gasteiger partial charge in [-0.3, -0.25) is 4.79 Å². The Labute approximate surface area is 125 Å². The third kappa shape index (κ3) is 2.14. The van der Waals surface area contributed by atoms with Crippen LogP contribution in [-0.4, -0.2) is 31.0 Å². The van der Waals surface area contributed by atoms with Gasteiger partial charge < -0.3 is 9.47 Å². The van der Waals surface area contributed by atoms with Gasteiger partial charge in [0, 0.05) is 6.42 Å². The van der Waals surface area contributed by atoms with E-state index >= 15 is 0 Å². The molecular formula is C15H16F4O3. The number of hydrogen-bond donors (Lipinski definition) is 0. The molecule has 0 aliphatic heterocycles. The molecule has 1 fully saturated rings. The number of hydrogen-bond acceptors (Lipinski definition) is 3. The Kier molecular flexibility index (Phi) is 4.10. The largest absolute Gasteiger partial charge is 0.494 e. The van der Waals surface area contributed by atoms with Crippen LogP contribution in [0.4, 0.5) is 17.6 Å². The Balaban J connectivity index is 2.45. The van der Waals surface area contributed by atoms with Gasteiger partial charge in [0.25, 0.3) is 0 Å². The van der Waals surface area contributed by atoms with E-state index in [1.54, 1.807) is 6.92 Å². The van der Waals surface area contributed by atoms with Gasteiger partial charge in [0.15, 0.2) is 5.41 Å². The normalized spacial score (nSPS) is 25.2. The summed E-state index contributed by atoms with van der Waals surface area (Å²) in [6.07, 6.45) is -1.28. The zero-order chi connectivity index (χ0) is 16.6. The fourth-order valence-corrected chi connectivity index (χ4v) is 2.62. The zero-order valence-corrected chi connectivity index (χ0v) is 12.2. The summed E-state index contributed by atoms with van der Waals surface area (Å²) >= 11 is 0. The summed E-state index contributed by atoms with van der Waals surface area (Å²) in [5, 5.41) is 0. The van der Waals surface area contributed by atoms with E-state index in [2.05, 4.69) is 4.74 Å². The third-order valence-corrected chi connectivity index (χ3v) is 3.76. The molecule has 1 aromatic carbocycles. The first-order valence-electron chi connectivity index (χ1n) is 6.89. The lowest BCUT2D eigenvalue weighted by atomic mass is 9.58. The lowest BCUT2D eigenvalue weighted by Gasteiger charge is -2.51. The minimum atomic E-state index is -4.50. The van der Waals surface area contributed by atoms with E-state index in [0.29, 0.717) is 12.4 Å². The van der Waals surface area contributed by atoms with Crippen LogP contribution >= 0.6 is 0 Å². The summed E-state index contributed by atoms with van der Waals surface area (Å²) in [6.45, 7) is 3.38. The maximum absolute atomic E-state index is 14.1. The summed E-state index contributed by atoms with van der Waals surface area (Å²) in [7, 11) is 0. The minimum absolute atomic E-state index is 0.167. The van der Waals surface area contributed by atoms with Crippen molar-refractivity contribution in [3.05, 3.63) is 29.8 Å². The maximum atomic E-state index is 14.1. The number of carbonyl (C=O) groups is 1. The van der Waals surface area contributed by atoms with E-state index < -0.39 is 29.7 Å². The minimum Gasteiger partial charge on any atom is -0.494 e. The first-order chi connectivity index (χ1) is 10.2. The molecule has 1 atom stereocenters. The highest BCUT2D eigenvalue weighted by Gasteiger charge is 2.84. The average Bonchev–Trinajstić information content (AvgIpc) is 2.46. The predicted molar refractivity (Wildman–Crippen MR) is 70.4 cm³/mol. The highest BCUT2D eigenvalue weighted by atomic mass is 19.3. The Hall–Kier alpha value is -1.79. The van der Waals surface area contributed by atoms with E-state index in [9.17, 15) is 22.4 Å². The number of esters is 1. The molecule has 0 amide bonds. The van der Waals surface area contributed by atoms with Crippen LogP contribution in [0.25, 0.3) is 0 Å². The van der Waals surface area contributed by atoms with E-state index in [0.717, 1.165) is 0 Å². The number of rotatable bonds is 5. The summed E-state index contributed by atoms with van der Waals surface area (Å²) in [4.78, 5) is 12.0. The van der Waals surface area contributed by atoms with Gasteiger partial charge in [0.1, 0.15) is 5.75 Å². The molecule has 0 heterocycles. The molecule has 1 aromatic rings. The lowest BCUT2D eigenvalue weighted by Crippen LogP contribution is -2.72. The molecule has 1 aliphatic rings. The second-order valence-corrected chi connectivity index (χ2v) is 5.04. The van der Waals surface area contributed by atoms with Crippen molar-refractivity contribution in [2.75, 3.05) is 13.2 Å². The van der Waals surface area contributed by atoms with Crippen molar-refractivity contribution in [1.29, 1.82) is 0 Å². The van der Waals surface area contributed by atoms with Crippen LogP contribution in [0.3, 0.4) is 0 Å².